The zero-order chi connectivity index (χ0) is 10.7. The predicted molar refractivity (Wildman–Crippen MR) is 55.6 cm³/mol. The van der Waals surface area contributed by atoms with Gasteiger partial charge in [-0.2, -0.15) is 0 Å². The maximum atomic E-state index is 10.1. The Morgan fingerprint density at radius 2 is 1.93 bits per heavy atom. The Bertz CT molecular complexity index is 278. The molecule has 0 spiro atoms. The molecule has 3 nitrogen and oxygen atoms in total. The molecule has 4 bridgehead atoms. The average molecular weight is 212 g/mol. The van der Waals surface area contributed by atoms with Crippen LogP contribution in [0.3, 0.4) is 0 Å². The van der Waals surface area contributed by atoms with E-state index >= 15 is 0 Å². The predicted octanol–water partition coefficient (Wildman–Crippen LogP) is 1.63. The molecule has 0 unspecified atom stereocenters. The normalized spacial score (nSPS) is 59.0. The second-order valence-electron chi connectivity index (χ2n) is 5.81. The van der Waals surface area contributed by atoms with Crippen LogP contribution in [0.1, 0.15) is 46.0 Å². The van der Waals surface area contributed by atoms with Crippen LogP contribution in [0.25, 0.3) is 0 Å². The molecule has 5 atom stereocenters. The van der Waals surface area contributed by atoms with Crippen molar-refractivity contribution in [2.45, 2.75) is 75.5 Å². The summed E-state index contributed by atoms with van der Waals surface area (Å²) in [5.74, 6) is 0. The molecule has 1 N–H and O–H groups in total. The Kier molecular flexibility index (Phi) is 1.99. The standard InChI is InChI=1S/C12H20O3/c1-11-6-5-9(13)12(2,15-11)7-8-3-4-10(11)14-8/h8-10,13H,3-7H2,1-2H3/t8-,9-,10+,11+,12-/m0/s1. The van der Waals surface area contributed by atoms with Crippen molar-refractivity contribution in [1.82, 2.24) is 0 Å². The van der Waals surface area contributed by atoms with Gasteiger partial charge in [0.05, 0.1) is 29.5 Å². The lowest BCUT2D eigenvalue weighted by atomic mass is 9.78. The fourth-order valence-corrected chi connectivity index (χ4v) is 3.54. The third-order valence-electron chi connectivity index (χ3n) is 4.51. The number of aliphatic hydroxyl groups is 1. The van der Waals surface area contributed by atoms with E-state index in [0.717, 1.165) is 32.1 Å². The van der Waals surface area contributed by atoms with E-state index in [9.17, 15) is 5.11 Å². The van der Waals surface area contributed by atoms with E-state index in [-0.39, 0.29) is 23.4 Å². The molecule has 0 aromatic heterocycles. The minimum absolute atomic E-state index is 0.167. The molecule has 0 aromatic carbocycles. The number of ether oxygens (including phenoxy) is 2. The summed E-state index contributed by atoms with van der Waals surface area (Å²) in [4.78, 5) is 0. The number of rotatable bonds is 0. The lowest BCUT2D eigenvalue weighted by Gasteiger charge is -2.48. The van der Waals surface area contributed by atoms with Gasteiger partial charge in [0.1, 0.15) is 0 Å². The van der Waals surface area contributed by atoms with E-state index in [1.807, 2.05) is 6.92 Å². The maximum absolute atomic E-state index is 10.1. The van der Waals surface area contributed by atoms with Gasteiger partial charge in [0.15, 0.2) is 0 Å². The smallest absolute Gasteiger partial charge is 0.0945 e. The number of aliphatic hydroxyl groups excluding tert-OH is 1. The van der Waals surface area contributed by atoms with Gasteiger partial charge in [0.25, 0.3) is 0 Å². The molecular weight excluding hydrogens is 192 g/mol. The number of hydrogen-bond donors (Lipinski definition) is 1. The van der Waals surface area contributed by atoms with Gasteiger partial charge in [-0.3, -0.25) is 0 Å². The fourth-order valence-electron chi connectivity index (χ4n) is 3.54. The first kappa shape index (κ1) is 10.1. The molecule has 3 saturated heterocycles. The summed E-state index contributed by atoms with van der Waals surface area (Å²) in [6, 6.07) is 0. The van der Waals surface area contributed by atoms with Crippen LogP contribution in [0.2, 0.25) is 0 Å². The molecule has 3 heterocycles. The minimum Gasteiger partial charge on any atom is -0.390 e. The lowest BCUT2D eigenvalue weighted by molar-refractivity contribution is -0.235. The highest BCUT2D eigenvalue weighted by Gasteiger charge is 2.55. The first-order valence-electron chi connectivity index (χ1n) is 6.06. The SMILES string of the molecule is C[C@@]12CC[C@H](O)[C@](C)(C[C@@H]3CC[C@H]1O3)O2. The number of hydrogen-bond acceptors (Lipinski definition) is 3. The minimum atomic E-state index is -0.382. The monoisotopic (exact) mass is 212 g/mol. The van der Waals surface area contributed by atoms with Crippen LogP contribution >= 0.6 is 0 Å². The van der Waals surface area contributed by atoms with Crippen molar-refractivity contribution in [3.63, 3.8) is 0 Å². The highest BCUT2D eigenvalue weighted by molar-refractivity contribution is 5.04. The lowest BCUT2D eigenvalue weighted by Crippen LogP contribution is -2.57. The second kappa shape index (κ2) is 2.96. The molecule has 0 aliphatic carbocycles. The quantitative estimate of drug-likeness (QED) is 0.663. The van der Waals surface area contributed by atoms with Gasteiger partial charge in [-0.25, -0.2) is 0 Å². The molecule has 3 aliphatic heterocycles. The molecule has 15 heavy (non-hydrogen) atoms. The highest BCUT2D eigenvalue weighted by atomic mass is 16.6. The molecule has 0 aromatic rings. The van der Waals surface area contributed by atoms with Crippen molar-refractivity contribution in [3.05, 3.63) is 0 Å². The largest absolute Gasteiger partial charge is 0.390 e. The number of fused-ring (bicyclic) bond motifs is 5. The summed E-state index contributed by atoms with van der Waals surface area (Å²) < 4.78 is 12.2. The Morgan fingerprint density at radius 1 is 1.13 bits per heavy atom. The van der Waals surface area contributed by atoms with Crippen molar-refractivity contribution >= 4 is 0 Å². The fraction of sp³-hybridized carbons (Fsp3) is 1.00. The molecule has 0 saturated carbocycles. The zero-order valence-electron chi connectivity index (χ0n) is 9.53. The van der Waals surface area contributed by atoms with Crippen LogP contribution in [-0.4, -0.2) is 34.6 Å². The zero-order valence-corrected chi connectivity index (χ0v) is 9.53. The Hall–Kier alpha value is -0.120. The van der Waals surface area contributed by atoms with E-state index in [4.69, 9.17) is 9.47 Å². The highest BCUT2D eigenvalue weighted by Crippen LogP contribution is 2.48. The van der Waals surface area contributed by atoms with E-state index < -0.39 is 0 Å². The van der Waals surface area contributed by atoms with E-state index in [2.05, 4.69) is 6.92 Å². The summed E-state index contributed by atoms with van der Waals surface area (Å²) in [6.07, 6.45) is 5.08. The topological polar surface area (TPSA) is 38.7 Å². The molecule has 0 radical (unpaired) electrons. The van der Waals surface area contributed by atoms with Crippen LogP contribution in [-0.2, 0) is 9.47 Å². The van der Waals surface area contributed by atoms with Gasteiger partial charge >= 0.3 is 0 Å². The second-order valence-corrected chi connectivity index (χ2v) is 5.81. The van der Waals surface area contributed by atoms with Gasteiger partial charge in [-0.1, -0.05) is 0 Å². The Labute approximate surface area is 90.8 Å². The van der Waals surface area contributed by atoms with Crippen molar-refractivity contribution in [1.29, 1.82) is 0 Å². The molecule has 86 valence electrons. The first-order valence-corrected chi connectivity index (χ1v) is 6.06. The van der Waals surface area contributed by atoms with Crippen LogP contribution in [0.15, 0.2) is 0 Å². The molecular formula is C12H20O3. The third-order valence-corrected chi connectivity index (χ3v) is 4.51. The van der Waals surface area contributed by atoms with Crippen LogP contribution in [0.5, 0.6) is 0 Å². The van der Waals surface area contributed by atoms with Crippen LogP contribution < -0.4 is 0 Å². The summed E-state index contributed by atoms with van der Waals surface area (Å²) in [5, 5.41) is 10.1. The molecule has 3 fully saturated rings. The molecule has 3 aliphatic rings. The van der Waals surface area contributed by atoms with Crippen molar-refractivity contribution < 1.29 is 14.6 Å². The molecule has 3 rings (SSSR count). The maximum Gasteiger partial charge on any atom is 0.0945 e. The van der Waals surface area contributed by atoms with E-state index in [1.54, 1.807) is 0 Å². The van der Waals surface area contributed by atoms with Gasteiger partial charge in [0, 0.05) is 6.42 Å². The Balaban J connectivity index is 1.97. The van der Waals surface area contributed by atoms with Crippen LogP contribution in [0, 0.1) is 0 Å². The van der Waals surface area contributed by atoms with Gasteiger partial charge in [-0.05, 0) is 39.5 Å². The summed E-state index contributed by atoms with van der Waals surface area (Å²) in [6.45, 7) is 4.19. The van der Waals surface area contributed by atoms with Crippen molar-refractivity contribution in [2.75, 3.05) is 0 Å². The van der Waals surface area contributed by atoms with E-state index in [0.29, 0.717) is 6.10 Å². The summed E-state index contributed by atoms with van der Waals surface area (Å²) >= 11 is 0. The summed E-state index contributed by atoms with van der Waals surface area (Å²) in [7, 11) is 0. The molecule has 0 amide bonds. The Morgan fingerprint density at radius 3 is 2.73 bits per heavy atom. The van der Waals surface area contributed by atoms with Gasteiger partial charge in [0.2, 0.25) is 0 Å². The van der Waals surface area contributed by atoms with Gasteiger partial charge in [-0.15, -0.1) is 0 Å². The van der Waals surface area contributed by atoms with E-state index in [1.165, 1.54) is 0 Å². The van der Waals surface area contributed by atoms with Crippen molar-refractivity contribution in [3.8, 4) is 0 Å². The molecule has 3 heteroatoms. The van der Waals surface area contributed by atoms with Crippen LogP contribution in [0.4, 0.5) is 0 Å². The summed E-state index contributed by atoms with van der Waals surface area (Å²) in [5.41, 5.74) is -0.550. The average Bonchev–Trinajstić information content (AvgIpc) is 2.57. The van der Waals surface area contributed by atoms with Gasteiger partial charge < -0.3 is 14.6 Å². The van der Waals surface area contributed by atoms with Crippen molar-refractivity contribution in [2.24, 2.45) is 0 Å². The first-order chi connectivity index (χ1) is 7.02. The third kappa shape index (κ3) is 1.37.